The van der Waals surface area contributed by atoms with Gasteiger partial charge in [0.2, 0.25) is 5.13 Å². The van der Waals surface area contributed by atoms with E-state index in [9.17, 15) is 0 Å². The third-order valence-corrected chi connectivity index (χ3v) is 2.20. The van der Waals surface area contributed by atoms with Gasteiger partial charge in [-0.05, 0) is 0 Å². The molecule has 0 amide bonds. The van der Waals surface area contributed by atoms with Gasteiger partial charge in [-0.25, -0.2) is 9.99 Å². The van der Waals surface area contributed by atoms with Crippen molar-refractivity contribution in [1.29, 1.82) is 0 Å². The van der Waals surface area contributed by atoms with E-state index in [4.69, 9.17) is 4.74 Å². The van der Waals surface area contributed by atoms with Gasteiger partial charge < -0.3 is 4.74 Å². The lowest BCUT2D eigenvalue weighted by Gasteiger charge is -2.26. The highest BCUT2D eigenvalue weighted by Crippen LogP contribution is 2.08. The van der Waals surface area contributed by atoms with Gasteiger partial charge in [0.25, 0.3) is 0 Å². The van der Waals surface area contributed by atoms with Crippen molar-refractivity contribution in [3.63, 3.8) is 0 Å². The number of nitrogens with one attached hydrogen (secondary N) is 1. The molecule has 1 aliphatic heterocycles. The van der Waals surface area contributed by atoms with Gasteiger partial charge in [-0.1, -0.05) is 0 Å². The largest absolute Gasteiger partial charge is 0.379 e. The van der Waals surface area contributed by atoms with Crippen LogP contribution in [0, 0.1) is 0 Å². The number of hydrogen-bond acceptors (Lipinski definition) is 6. The van der Waals surface area contributed by atoms with Crippen molar-refractivity contribution in [2.45, 2.75) is 0 Å². The fraction of sp³-hybridized carbons (Fsp3) is 0.667. The molecule has 12 heavy (non-hydrogen) atoms. The van der Waals surface area contributed by atoms with Crippen LogP contribution in [0.2, 0.25) is 0 Å². The summed E-state index contributed by atoms with van der Waals surface area (Å²) in [5.74, 6) is 0. The van der Waals surface area contributed by atoms with Gasteiger partial charge in [-0.15, -0.1) is 0 Å². The molecule has 66 valence electrons. The molecule has 2 heterocycles. The fourth-order valence-corrected chi connectivity index (χ4v) is 1.49. The molecule has 1 fully saturated rings. The minimum Gasteiger partial charge on any atom is -0.379 e. The van der Waals surface area contributed by atoms with Crippen molar-refractivity contribution in [2.75, 3.05) is 31.7 Å². The van der Waals surface area contributed by atoms with Gasteiger partial charge in [-0.2, -0.15) is 4.37 Å². The van der Waals surface area contributed by atoms with Crippen molar-refractivity contribution in [3.05, 3.63) is 6.33 Å². The molecule has 5 nitrogen and oxygen atoms in total. The van der Waals surface area contributed by atoms with Crippen LogP contribution in [0.5, 0.6) is 0 Å². The van der Waals surface area contributed by atoms with E-state index in [1.54, 1.807) is 6.33 Å². The lowest BCUT2D eigenvalue weighted by Crippen LogP contribution is -2.40. The van der Waals surface area contributed by atoms with Crippen molar-refractivity contribution in [3.8, 4) is 0 Å². The van der Waals surface area contributed by atoms with Crippen LogP contribution in [-0.2, 0) is 4.74 Å². The van der Waals surface area contributed by atoms with Crippen molar-refractivity contribution >= 4 is 16.7 Å². The number of hydrazine groups is 1. The Bertz CT molecular complexity index is 221. The quantitative estimate of drug-likeness (QED) is 0.715. The Kier molecular flexibility index (Phi) is 2.50. The SMILES string of the molecule is c1nsc(NN2CCOCC2)n1. The number of anilines is 1. The summed E-state index contributed by atoms with van der Waals surface area (Å²) in [7, 11) is 0. The predicted octanol–water partition coefficient (Wildman–Crippen LogP) is 0.197. The van der Waals surface area contributed by atoms with Crippen molar-refractivity contribution in [1.82, 2.24) is 14.4 Å². The van der Waals surface area contributed by atoms with Crippen molar-refractivity contribution < 1.29 is 4.74 Å². The van der Waals surface area contributed by atoms with Crippen molar-refractivity contribution in [2.24, 2.45) is 0 Å². The molecule has 0 aliphatic carbocycles. The Morgan fingerprint density at radius 1 is 1.50 bits per heavy atom. The van der Waals surface area contributed by atoms with Crippen LogP contribution in [0.1, 0.15) is 0 Å². The maximum Gasteiger partial charge on any atom is 0.216 e. The summed E-state index contributed by atoms with van der Waals surface area (Å²) in [6, 6.07) is 0. The third kappa shape index (κ3) is 1.90. The molecule has 0 unspecified atom stereocenters. The first-order valence-corrected chi connectivity index (χ1v) is 4.58. The highest BCUT2D eigenvalue weighted by molar-refractivity contribution is 7.09. The van der Waals surface area contributed by atoms with Crippen LogP contribution in [0.4, 0.5) is 5.13 Å². The van der Waals surface area contributed by atoms with Gasteiger partial charge in [0.1, 0.15) is 6.33 Å². The maximum atomic E-state index is 5.20. The van der Waals surface area contributed by atoms with Crippen LogP contribution in [0.25, 0.3) is 0 Å². The number of aromatic nitrogens is 2. The Balaban J connectivity index is 1.86. The van der Waals surface area contributed by atoms with Crippen LogP contribution in [-0.4, -0.2) is 40.7 Å². The van der Waals surface area contributed by atoms with Crippen LogP contribution in [0.15, 0.2) is 6.33 Å². The molecule has 1 N–H and O–H groups in total. The monoisotopic (exact) mass is 186 g/mol. The van der Waals surface area contributed by atoms with Gasteiger partial charge in [0.15, 0.2) is 0 Å². The van der Waals surface area contributed by atoms with E-state index in [-0.39, 0.29) is 0 Å². The summed E-state index contributed by atoms with van der Waals surface area (Å²) >= 11 is 1.36. The average molecular weight is 186 g/mol. The number of ether oxygens (including phenoxy) is 1. The molecular formula is C6H10N4OS. The summed E-state index contributed by atoms with van der Waals surface area (Å²) < 4.78 is 9.10. The van der Waals surface area contributed by atoms with E-state index >= 15 is 0 Å². The normalized spacial score (nSPS) is 19.3. The standard InChI is InChI=1S/C6H10N4OS/c1-3-11-4-2-10(1)9-6-7-5-8-12-6/h5H,1-4H2,(H,7,8,9). The predicted molar refractivity (Wildman–Crippen MR) is 45.9 cm³/mol. The van der Waals surface area contributed by atoms with Gasteiger partial charge >= 0.3 is 0 Å². The molecule has 1 aromatic rings. The van der Waals surface area contributed by atoms with Gasteiger partial charge in [0, 0.05) is 24.6 Å². The first kappa shape index (κ1) is 7.90. The number of hydrogen-bond donors (Lipinski definition) is 1. The second kappa shape index (κ2) is 3.79. The van der Waals surface area contributed by atoms with E-state index in [0.29, 0.717) is 0 Å². The minimum absolute atomic E-state index is 0.784. The molecule has 1 saturated heterocycles. The molecule has 0 radical (unpaired) electrons. The summed E-state index contributed by atoms with van der Waals surface area (Å²) in [5, 5.41) is 2.93. The van der Waals surface area contributed by atoms with E-state index < -0.39 is 0 Å². The zero-order valence-electron chi connectivity index (χ0n) is 6.56. The van der Waals surface area contributed by atoms with E-state index in [0.717, 1.165) is 31.4 Å². The Labute approximate surface area is 74.5 Å². The maximum absolute atomic E-state index is 5.20. The average Bonchev–Trinajstić information content (AvgIpc) is 2.59. The van der Waals surface area contributed by atoms with E-state index in [1.165, 1.54) is 11.5 Å². The third-order valence-electron chi connectivity index (χ3n) is 1.63. The zero-order chi connectivity index (χ0) is 8.23. The minimum atomic E-state index is 0.784. The van der Waals surface area contributed by atoms with E-state index in [2.05, 4.69) is 19.8 Å². The number of morpholine rings is 1. The second-order valence-corrected chi connectivity index (χ2v) is 3.24. The zero-order valence-corrected chi connectivity index (χ0v) is 7.38. The molecule has 0 spiro atoms. The Morgan fingerprint density at radius 2 is 2.33 bits per heavy atom. The molecule has 0 atom stereocenters. The lowest BCUT2D eigenvalue weighted by atomic mass is 10.5. The molecule has 0 aromatic carbocycles. The fourth-order valence-electron chi connectivity index (χ4n) is 1.03. The first-order valence-electron chi connectivity index (χ1n) is 3.81. The molecule has 2 rings (SSSR count). The van der Waals surface area contributed by atoms with Gasteiger partial charge in [0.05, 0.1) is 13.2 Å². The molecule has 0 saturated carbocycles. The summed E-state index contributed by atoms with van der Waals surface area (Å²) in [4.78, 5) is 4.02. The van der Waals surface area contributed by atoms with Crippen LogP contribution in [0.3, 0.4) is 0 Å². The highest BCUT2D eigenvalue weighted by atomic mass is 32.1. The number of nitrogens with zero attached hydrogens (tertiary/aromatic N) is 3. The smallest absolute Gasteiger partial charge is 0.216 e. The van der Waals surface area contributed by atoms with Crippen LogP contribution < -0.4 is 5.43 Å². The first-order chi connectivity index (χ1) is 5.95. The van der Waals surface area contributed by atoms with Gasteiger partial charge in [-0.3, -0.25) is 5.43 Å². The molecular weight excluding hydrogens is 176 g/mol. The molecule has 6 heteroatoms. The molecule has 1 aromatic heterocycles. The highest BCUT2D eigenvalue weighted by Gasteiger charge is 2.10. The van der Waals surface area contributed by atoms with E-state index in [1.807, 2.05) is 0 Å². The Morgan fingerprint density at radius 3 is 3.00 bits per heavy atom. The lowest BCUT2D eigenvalue weighted by molar-refractivity contribution is 0.0497. The van der Waals surface area contributed by atoms with Crippen LogP contribution >= 0.6 is 11.5 Å². The molecule has 1 aliphatic rings. The summed E-state index contributed by atoms with van der Waals surface area (Å²) in [5.41, 5.74) is 3.16. The number of rotatable bonds is 2. The topological polar surface area (TPSA) is 50.3 Å². The summed E-state index contributed by atoms with van der Waals surface area (Å²) in [6.45, 7) is 3.37. The molecule has 0 bridgehead atoms. The Hall–Kier alpha value is -0.720. The summed E-state index contributed by atoms with van der Waals surface area (Å²) in [6.07, 6.45) is 1.55. The second-order valence-electron chi connectivity index (χ2n) is 2.46.